The summed E-state index contributed by atoms with van der Waals surface area (Å²) in [6.45, 7) is 6.48. The Morgan fingerprint density at radius 3 is 2.29 bits per heavy atom. The maximum atomic E-state index is 12.6. The Hall–Kier alpha value is -3.24. The van der Waals surface area contributed by atoms with Crippen molar-refractivity contribution in [1.29, 1.82) is 0 Å². The van der Waals surface area contributed by atoms with Gasteiger partial charge in [-0.3, -0.25) is 9.59 Å². The SMILES string of the molecule is Cc1cccc(C(=O)N[C@H](C(=O)OCC(=O)Nc2cc(S(=O)(=O)N(C)C)ccc2C)C(C)C)c1. The van der Waals surface area contributed by atoms with Crippen LogP contribution in [-0.4, -0.2) is 57.3 Å². The summed E-state index contributed by atoms with van der Waals surface area (Å²) in [6, 6.07) is 10.4. The second-order valence-corrected chi connectivity index (χ2v) is 10.6. The largest absolute Gasteiger partial charge is 0.454 e. The van der Waals surface area contributed by atoms with Crippen molar-refractivity contribution in [3.63, 3.8) is 0 Å². The molecule has 2 amide bonds. The van der Waals surface area contributed by atoms with Gasteiger partial charge < -0.3 is 15.4 Å². The predicted octanol–water partition coefficient (Wildman–Crippen LogP) is 2.49. The number of hydrogen-bond donors (Lipinski definition) is 2. The van der Waals surface area contributed by atoms with Crippen molar-refractivity contribution in [1.82, 2.24) is 9.62 Å². The number of amides is 2. The maximum absolute atomic E-state index is 12.6. The highest BCUT2D eigenvalue weighted by atomic mass is 32.2. The number of carbonyl (C=O) groups is 3. The molecule has 0 fully saturated rings. The summed E-state index contributed by atoms with van der Waals surface area (Å²) in [7, 11) is -0.854. The van der Waals surface area contributed by atoms with E-state index in [9.17, 15) is 22.8 Å². The van der Waals surface area contributed by atoms with Crippen molar-refractivity contribution < 1.29 is 27.5 Å². The molecule has 0 aliphatic heterocycles. The molecule has 10 heteroatoms. The van der Waals surface area contributed by atoms with E-state index in [1.54, 1.807) is 45.0 Å². The number of nitrogens with one attached hydrogen (secondary N) is 2. The molecule has 0 radical (unpaired) electrons. The number of rotatable bonds is 9. The molecule has 2 aromatic carbocycles. The number of nitrogens with zero attached hydrogens (tertiary/aromatic N) is 1. The van der Waals surface area contributed by atoms with Crippen LogP contribution in [0.2, 0.25) is 0 Å². The first-order valence-electron chi connectivity index (χ1n) is 10.7. The number of esters is 1. The number of carbonyl (C=O) groups excluding carboxylic acids is 3. The van der Waals surface area contributed by atoms with Crippen molar-refractivity contribution in [2.45, 2.75) is 38.6 Å². The average Bonchev–Trinajstić information content (AvgIpc) is 2.76. The van der Waals surface area contributed by atoms with E-state index in [1.165, 1.54) is 26.2 Å². The first kappa shape index (κ1) is 27.0. The van der Waals surface area contributed by atoms with E-state index < -0.39 is 40.5 Å². The van der Waals surface area contributed by atoms with Gasteiger partial charge in [0.15, 0.2) is 6.61 Å². The van der Waals surface area contributed by atoms with Crippen LogP contribution in [0.5, 0.6) is 0 Å². The highest BCUT2D eigenvalue weighted by molar-refractivity contribution is 7.89. The fourth-order valence-corrected chi connectivity index (χ4v) is 3.96. The summed E-state index contributed by atoms with van der Waals surface area (Å²) in [5, 5.41) is 5.23. The molecule has 0 saturated carbocycles. The lowest BCUT2D eigenvalue weighted by Gasteiger charge is -2.21. The molecule has 0 spiro atoms. The van der Waals surface area contributed by atoms with Crippen molar-refractivity contribution in [2.24, 2.45) is 5.92 Å². The number of aryl methyl sites for hydroxylation is 2. The summed E-state index contributed by atoms with van der Waals surface area (Å²) in [5.74, 6) is -2.08. The molecular formula is C24H31N3O6S. The minimum atomic E-state index is -3.68. The molecule has 2 aromatic rings. The van der Waals surface area contributed by atoms with Crippen LogP contribution in [0.15, 0.2) is 47.4 Å². The second kappa shape index (κ2) is 11.3. The molecule has 2 rings (SSSR count). The fraction of sp³-hybridized carbons (Fsp3) is 0.375. The van der Waals surface area contributed by atoms with Crippen molar-refractivity contribution in [3.05, 3.63) is 59.2 Å². The maximum Gasteiger partial charge on any atom is 0.329 e. The van der Waals surface area contributed by atoms with Crippen LogP contribution in [0.25, 0.3) is 0 Å². The van der Waals surface area contributed by atoms with Crippen LogP contribution < -0.4 is 10.6 Å². The number of anilines is 1. The number of benzene rings is 2. The molecule has 9 nitrogen and oxygen atoms in total. The lowest BCUT2D eigenvalue weighted by atomic mass is 10.0. The van der Waals surface area contributed by atoms with Crippen molar-refractivity contribution in [2.75, 3.05) is 26.0 Å². The Balaban J connectivity index is 2.04. The standard InChI is InChI=1S/C24H31N3O6S/c1-15(2)22(26-23(29)18-9-7-8-16(3)12-18)24(30)33-14-21(28)25-20-13-19(11-10-17(20)4)34(31,32)27(5)6/h7-13,15,22H,14H2,1-6H3,(H,25,28)(H,26,29)/t22-/m0/s1. The van der Waals surface area contributed by atoms with Gasteiger partial charge in [-0.05, 0) is 49.6 Å². The van der Waals surface area contributed by atoms with Crippen LogP contribution in [-0.2, 0) is 24.3 Å². The highest BCUT2D eigenvalue weighted by Gasteiger charge is 2.27. The van der Waals surface area contributed by atoms with Gasteiger partial charge in [0.05, 0.1) is 4.90 Å². The van der Waals surface area contributed by atoms with Gasteiger partial charge in [-0.2, -0.15) is 0 Å². The van der Waals surface area contributed by atoms with Crippen LogP contribution in [0.4, 0.5) is 5.69 Å². The van der Waals surface area contributed by atoms with Gasteiger partial charge in [0.1, 0.15) is 6.04 Å². The Labute approximate surface area is 200 Å². The zero-order valence-electron chi connectivity index (χ0n) is 20.2. The fourth-order valence-electron chi connectivity index (χ4n) is 3.03. The minimum Gasteiger partial charge on any atom is -0.454 e. The van der Waals surface area contributed by atoms with Crippen molar-refractivity contribution >= 4 is 33.5 Å². The van der Waals surface area contributed by atoms with E-state index in [0.717, 1.165) is 9.87 Å². The molecule has 0 heterocycles. The van der Waals surface area contributed by atoms with Crippen LogP contribution >= 0.6 is 0 Å². The Bertz CT molecular complexity index is 1170. The molecule has 34 heavy (non-hydrogen) atoms. The highest BCUT2D eigenvalue weighted by Crippen LogP contribution is 2.22. The van der Waals surface area contributed by atoms with Gasteiger partial charge in [0.2, 0.25) is 10.0 Å². The minimum absolute atomic E-state index is 0.0223. The first-order valence-corrected chi connectivity index (χ1v) is 12.1. The molecule has 0 bridgehead atoms. The van der Waals surface area contributed by atoms with Gasteiger partial charge in [-0.1, -0.05) is 37.6 Å². The predicted molar refractivity (Wildman–Crippen MR) is 129 cm³/mol. The zero-order chi connectivity index (χ0) is 25.6. The smallest absolute Gasteiger partial charge is 0.329 e. The van der Waals surface area contributed by atoms with E-state index in [0.29, 0.717) is 11.1 Å². The Kier molecular flexibility index (Phi) is 8.94. The van der Waals surface area contributed by atoms with Gasteiger partial charge in [0, 0.05) is 25.3 Å². The van der Waals surface area contributed by atoms with Gasteiger partial charge in [0.25, 0.3) is 11.8 Å². The zero-order valence-corrected chi connectivity index (χ0v) is 21.0. The Morgan fingerprint density at radius 2 is 1.71 bits per heavy atom. The molecule has 0 unspecified atom stereocenters. The molecule has 0 aliphatic carbocycles. The summed E-state index contributed by atoms with van der Waals surface area (Å²) in [5.41, 5.74) is 2.25. The number of ether oxygens (including phenoxy) is 1. The normalized spacial score (nSPS) is 12.4. The molecule has 0 aliphatic rings. The molecule has 1 atom stereocenters. The average molecular weight is 490 g/mol. The van der Waals surface area contributed by atoms with Gasteiger partial charge >= 0.3 is 5.97 Å². The monoisotopic (exact) mass is 489 g/mol. The van der Waals surface area contributed by atoms with Gasteiger partial charge in [-0.25, -0.2) is 17.5 Å². The third-order valence-electron chi connectivity index (χ3n) is 5.09. The lowest BCUT2D eigenvalue weighted by molar-refractivity contribution is -0.150. The molecule has 0 saturated heterocycles. The van der Waals surface area contributed by atoms with Crippen LogP contribution in [0.1, 0.15) is 35.3 Å². The summed E-state index contributed by atoms with van der Waals surface area (Å²) in [6.07, 6.45) is 0. The summed E-state index contributed by atoms with van der Waals surface area (Å²) in [4.78, 5) is 37.6. The molecule has 184 valence electrons. The van der Waals surface area contributed by atoms with E-state index in [4.69, 9.17) is 4.74 Å². The van der Waals surface area contributed by atoms with E-state index >= 15 is 0 Å². The second-order valence-electron chi connectivity index (χ2n) is 8.48. The Morgan fingerprint density at radius 1 is 1.03 bits per heavy atom. The number of sulfonamides is 1. The van der Waals surface area contributed by atoms with Crippen LogP contribution in [0.3, 0.4) is 0 Å². The molecule has 0 aromatic heterocycles. The van der Waals surface area contributed by atoms with E-state index in [1.807, 2.05) is 13.0 Å². The first-order chi connectivity index (χ1) is 15.8. The third kappa shape index (κ3) is 6.88. The topological polar surface area (TPSA) is 122 Å². The van der Waals surface area contributed by atoms with E-state index in [-0.39, 0.29) is 16.5 Å². The van der Waals surface area contributed by atoms with E-state index in [2.05, 4.69) is 10.6 Å². The quantitative estimate of drug-likeness (QED) is 0.522. The summed E-state index contributed by atoms with van der Waals surface area (Å²) >= 11 is 0. The van der Waals surface area contributed by atoms with Crippen molar-refractivity contribution in [3.8, 4) is 0 Å². The van der Waals surface area contributed by atoms with Crippen LogP contribution in [0, 0.1) is 19.8 Å². The molecular weight excluding hydrogens is 458 g/mol. The van der Waals surface area contributed by atoms with Gasteiger partial charge in [-0.15, -0.1) is 0 Å². The number of hydrogen-bond acceptors (Lipinski definition) is 6. The summed E-state index contributed by atoms with van der Waals surface area (Å²) < 4.78 is 30.9. The molecule has 2 N–H and O–H groups in total. The third-order valence-corrected chi connectivity index (χ3v) is 6.91. The lowest BCUT2D eigenvalue weighted by Crippen LogP contribution is -2.46.